The van der Waals surface area contributed by atoms with Crippen LogP contribution in [-0.2, 0) is 6.54 Å². The second kappa shape index (κ2) is 8.11. The van der Waals surface area contributed by atoms with Crippen molar-refractivity contribution in [2.45, 2.75) is 25.4 Å². The number of hydrogen-bond donors (Lipinski definition) is 0. The molecule has 0 saturated carbocycles. The molecule has 1 unspecified atom stereocenters. The van der Waals surface area contributed by atoms with Crippen molar-refractivity contribution < 1.29 is 9.47 Å². The van der Waals surface area contributed by atoms with E-state index in [-0.39, 0.29) is 0 Å². The molecule has 0 radical (unpaired) electrons. The third-order valence-corrected chi connectivity index (χ3v) is 6.04. The molecular formula is C22H24N2O2S. The van der Waals surface area contributed by atoms with Crippen molar-refractivity contribution in [3.63, 3.8) is 0 Å². The maximum atomic E-state index is 5.64. The molecule has 140 valence electrons. The van der Waals surface area contributed by atoms with Gasteiger partial charge < -0.3 is 9.47 Å². The van der Waals surface area contributed by atoms with Crippen molar-refractivity contribution in [3.8, 4) is 22.1 Å². The van der Waals surface area contributed by atoms with E-state index in [1.807, 2.05) is 18.2 Å². The molecule has 1 aromatic heterocycles. The Morgan fingerprint density at radius 1 is 1.11 bits per heavy atom. The molecule has 4 nitrogen and oxygen atoms in total. The Bertz CT molecular complexity index is 894. The quantitative estimate of drug-likeness (QED) is 0.591. The van der Waals surface area contributed by atoms with Crippen LogP contribution in [0.1, 0.15) is 30.1 Å². The largest absolute Gasteiger partial charge is 0.497 e. The molecule has 0 N–H and O–H groups in total. The van der Waals surface area contributed by atoms with E-state index in [0.717, 1.165) is 41.7 Å². The van der Waals surface area contributed by atoms with Crippen molar-refractivity contribution in [3.05, 3.63) is 65.2 Å². The summed E-state index contributed by atoms with van der Waals surface area (Å²) < 4.78 is 11.0. The minimum absolute atomic E-state index is 0.354. The van der Waals surface area contributed by atoms with Gasteiger partial charge in [0.15, 0.2) is 0 Å². The van der Waals surface area contributed by atoms with Crippen molar-refractivity contribution in [1.82, 2.24) is 9.88 Å². The van der Waals surface area contributed by atoms with E-state index < -0.39 is 0 Å². The SMILES string of the molecule is COc1ccc(C2CCCN2Cc2csc(-c3ccccc3)n2)c(OC)c1. The van der Waals surface area contributed by atoms with E-state index in [4.69, 9.17) is 14.5 Å². The van der Waals surface area contributed by atoms with Crippen LogP contribution in [0.25, 0.3) is 10.6 Å². The van der Waals surface area contributed by atoms with Gasteiger partial charge >= 0.3 is 0 Å². The number of benzene rings is 2. The molecule has 0 aliphatic carbocycles. The molecule has 5 heteroatoms. The van der Waals surface area contributed by atoms with E-state index >= 15 is 0 Å². The molecule has 1 atom stereocenters. The summed E-state index contributed by atoms with van der Waals surface area (Å²) in [6.07, 6.45) is 2.33. The summed E-state index contributed by atoms with van der Waals surface area (Å²) in [4.78, 5) is 7.38. The number of thiazole rings is 1. The smallest absolute Gasteiger partial charge is 0.127 e. The van der Waals surface area contributed by atoms with Crippen molar-refractivity contribution in [1.29, 1.82) is 0 Å². The zero-order valence-electron chi connectivity index (χ0n) is 15.7. The number of nitrogens with zero attached hydrogens (tertiary/aromatic N) is 2. The average Bonchev–Trinajstić information content (AvgIpc) is 3.38. The highest BCUT2D eigenvalue weighted by Crippen LogP contribution is 2.39. The third kappa shape index (κ3) is 3.84. The Hall–Kier alpha value is -2.37. The summed E-state index contributed by atoms with van der Waals surface area (Å²) in [5, 5.41) is 3.27. The van der Waals surface area contributed by atoms with E-state index in [1.165, 1.54) is 17.5 Å². The van der Waals surface area contributed by atoms with Crippen LogP contribution >= 0.6 is 11.3 Å². The summed E-state index contributed by atoms with van der Waals surface area (Å²) in [5.41, 5.74) is 3.55. The van der Waals surface area contributed by atoms with Gasteiger partial charge in [-0.2, -0.15) is 0 Å². The molecule has 1 saturated heterocycles. The van der Waals surface area contributed by atoms with Gasteiger partial charge in [-0.1, -0.05) is 36.4 Å². The Kier molecular flexibility index (Phi) is 5.41. The van der Waals surface area contributed by atoms with Gasteiger partial charge in [-0.05, 0) is 25.5 Å². The second-order valence-corrected chi connectivity index (χ2v) is 7.60. The first-order valence-corrected chi connectivity index (χ1v) is 10.1. The summed E-state index contributed by atoms with van der Waals surface area (Å²) >= 11 is 1.72. The Morgan fingerprint density at radius 2 is 1.96 bits per heavy atom. The van der Waals surface area contributed by atoms with E-state index in [2.05, 4.69) is 40.6 Å². The summed E-state index contributed by atoms with van der Waals surface area (Å²) in [5.74, 6) is 1.72. The minimum Gasteiger partial charge on any atom is -0.497 e. The fourth-order valence-corrected chi connectivity index (χ4v) is 4.58. The van der Waals surface area contributed by atoms with Crippen molar-refractivity contribution >= 4 is 11.3 Å². The number of likely N-dealkylation sites (tertiary alicyclic amines) is 1. The second-order valence-electron chi connectivity index (χ2n) is 6.75. The molecule has 2 aromatic carbocycles. The lowest BCUT2D eigenvalue weighted by molar-refractivity contribution is 0.240. The van der Waals surface area contributed by atoms with Gasteiger partial charge in [-0.3, -0.25) is 4.90 Å². The average molecular weight is 381 g/mol. The fraction of sp³-hybridized carbons (Fsp3) is 0.318. The standard InChI is InChI=1S/C22H24N2O2S/c1-25-18-10-11-19(21(13-18)26-2)20-9-6-12-24(20)14-17-15-27-22(23-17)16-7-4-3-5-8-16/h3-5,7-8,10-11,13,15,20H,6,9,12,14H2,1-2H3. The van der Waals surface area contributed by atoms with Crippen LogP contribution < -0.4 is 9.47 Å². The Morgan fingerprint density at radius 3 is 2.74 bits per heavy atom. The molecule has 1 aliphatic rings. The lowest BCUT2D eigenvalue weighted by atomic mass is 10.0. The highest BCUT2D eigenvalue weighted by atomic mass is 32.1. The topological polar surface area (TPSA) is 34.6 Å². The highest BCUT2D eigenvalue weighted by Gasteiger charge is 2.29. The molecule has 3 aromatic rings. The molecular weight excluding hydrogens is 356 g/mol. The minimum atomic E-state index is 0.354. The van der Waals surface area contributed by atoms with Crippen LogP contribution in [0.4, 0.5) is 0 Å². The van der Waals surface area contributed by atoms with Crippen LogP contribution in [0, 0.1) is 0 Å². The molecule has 1 aliphatic heterocycles. The molecule has 0 bridgehead atoms. The van der Waals surface area contributed by atoms with Gasteiger partial charge in [0.1, 0.15) is 16.5 Å². The maximum absolute atomic E-state index is 5.64. The predicted molar refractivity (Wildman–Crippen MR) is 109 cm³/mol. The number of hydrogen-bond acceptors (Lipinski definition) is 5. The number of rotatable bonds is 6. The zero-order valence-corrected chi connectivity index (χ0v) is 16.5. The van der Waals surface area contributed by atoms with Gasteiger partial charge in [0.05, 0.1) is 19.9 Å². The lowest BCUT2D eigenvalue weighted by Crippen LogP contribution is -2.23. The lowest BCUT2D eigenvalue weighted by Gasteiger charge is -2.25. The van der Waals surface area contributed by atoms with Gasteiger partial charge in [-0.15, -0.1) is 11.3 Å². The van der Waals surface area contributed by atoms with Crippen LogP contribution in [-0.4, -0.2) is 30.6 Å². The first-order chi connectivity index (χ1) is 13.3. The van der Waals surface area contributed by atoms with E-state index in [0.29, 0.717) is 6.04 Å². The molecule has 1 fully saturated rings. The Labute approximate surface area is 164 Å². The molecule has 4 rings (SSSR count). The molecule has 0 spiro atoms. The fourth-order valence-electron chi connectivity index (χ4n) is 3.76. The van der Waals surface area contributed by atoms with Crippen LogP contribution in [0.15, 0.2) is 53.9 Å². The van der Waals surface area contributed by atoms with Crippen LogP contribution in [0.2, 0.25) is 0 Å². The van der Waals surface area contributed by atoms with Crippen LogP contribution in [0.5, 0.6) is 11.5 Å². The molecule has 2 heterocycles. The van der Waals surface area contributed by atoms with Gasteiger partial charge in [0.2, 0.25) is 0 Å². The first kappa shape index (κ1) is 18.0. The molecule has 0 amide bonds. The van der Waals surface area contributed by atoms with Crippen LogP contribution in [0.3, 0.4) is 0 Å². The maximum Gasteiger partial charge on any atom is 0.127 e. The van der Waals surface area contributed by atoms with Gasteiger partial charge in [0, 0.05) is 35.2 Å². The number of methoxy groups -OCH3 is 2. The number of ether oxygens (including phenoxy) is 2. The summed E-state index contributed by atoms with van der Waals surface area (Å²) in [6, 6.07) is 16.9. The van der Waals surface area contributed by atoms with Crippen molar-refractivity contribution in [2.24, 2.45) is 0 Å². The normalized spacial score (nSPS) is 17.2. The van der Waals surface area contributed by atoms with E-state index in [1.54, 1.807) is 25.6 Å². The summed E-state index contributed by atoms with van der Waals surface area (Å²) in [7, 11) is 3.41. The highest BCUT2D eigenvalue weighted by molar-refractivity contribution is 7.13. The van der Waals surface area contributed by atoms with E-state index in [9.17, 15) is 0 Å². The molecule has 27 heavy (non-hydrogen) atoms. The van der Waals surface area contributed by atoms with Crippen molar-refractivity contribution in [2.75, 3.05) is 20.8 Å². The van der Waals surface area contributed by atoms with Gasteiger partial charge in [-0.25, -0.2) is 4.98 Å². The first-order valence-electron chi connectivity index (χ1n) is 9.24. The Balaban J connectivity index is 1.54. The monoisotopic (exact) mass is 380 g/mol. The third-order valence-electron chi connectivity index (χ3n) is 5.10. The summed E-state index contributed by atoms with van der Waals surface area (Å²) in [6.45, 7) is 1.95. The zero-order chi connectivity index (χ0) is 18.6. The van der Waals surface area contributed by atoms with Gasteiger partial charge in [0.25, 0.3) is 0 Å². The predicted octanol–water partition coefficient (Wildman–Crippen LogP) is 5.16. The number of aromatic nitrogens is 1.